The first-order valence-corrected chi connectivity index (χ1v) is 23.3. The van der Waals surface area contributed by atoms with E-state index in [0.717, 1.165) is 32.2 Å². The summed E-state index contributed by atoms with van der Waals surface area (Å²) in [4.78, 5) is 0. The summed E-state index contributed by atoms with van der Waals surface area (Å²) in [6, 6.07) is 0. The molecule has 26 atom stereocenters. The first-order valence-electron chi connectivity index (χ1n) is 23.3. The molecule has 5 saturated heterocycles. The first kappa shape index (κ1) is 45.3. The van der Waals surface area contributed by atoms with Crippen LogP contribution in [0.3, 0.4) is 0 Å². The minimum Gasteiger partial charge on any atom is -0.394 e. The lowest BCUT2D eigenvalue weighted by molar-refractivity contribution is -0.388. The van der Waals surface area contributed by atoms with Gasteiger partial charge < -0.3 is 74.0 Å². The lowest BCUT2D eigenvalue weighted by Gasteiger charge is -2.59. The van der Waals surface area contributed by atoms with E-state index in [1.165, 1.54) is 38.7 Å². The third-order valence-electron chi connectivity index (χ3n) is 17.9. The lowest BCUT2D eigenvalue weighted by atomic mass is 9.47. The van der Waals surface area contributed by atoms with E-state index in [1.807, 2.05) is 0 Å². The average molecular weight is 868 g/mol. The Kier molecular flexibility index (Phi) is 12.4. The van der Waals surface area contributed by atoms with Gasteiger partial charge in [0.2, 0.25) is 0 Å². The van der Waals surface area contributed by atoms with Gasteiger partial charge in [-0.15, -0.1) is 0 Å². The van der Waals surface area contributed by atoms with E-state index in [9.17, 15) is 40.9 Å². The third kappa shape index (κ3) is 7.42. The van der Waals surface area contributed by atoms with E-state index in [-0.39, 0.29) is 22.7 Å². The average Bonchev–Trinajstić information content (AvgIpc) is 3.69. The molecule has 348 valence electrons. The van der Waals surface area contributed by atoms with E-state index in [0.29, 0.717) is 54.5 Å². The highest BCUT2D eigenvalue weighted by Gasteiger charge is 2.68. The molecule has 0 amide bonds. The van der Waals surface area contributed by atoms with Crippen LogP contribution in [0.25, 0.3) is 0 Å². The molecular weight excluding hydrogens is 794 g/mol. The van der Waals surface area contributed by atoms with Crippen LogP contribution in [0.2, 0.25) is 0 Å². The summed E-state index contributed by atoms with van der Waals surface area (Å²) in [5, 5.41) is 89.8. The van der Waals surface area contributed by atoms with Crippen molar-refractivity contribution < 1.29 is 74.0 Å². The SMILES string of the molecule is C[C@@H]1CC[C@@]2(NC1)O[C@H]1C[C@H]3[C@@H]4CC=C5C[C@@H](O[C@@H]6O[C@H](CO)[C@@H](O[C@H]7O[C@@H](C)[C@H](O)[C@@H](O)[C@H]7O)[C@H](O)[C@H]6O[C@H]6O[C@@H](C)[C@H](O)[C@@H](O)[C@H]6O)CC[C@]5(C)[C@H]4CC[C@]3(C)[C@H]1[C@@H]2C. The van der Waals surface area contributed by atoms with Crippen molar-refractivity contribution in [2.24, 2.45) is 46.3 Å². The number of rotatable bonds is 7. The fourth-order valence-electron chi connectivity index (χ4n) is 14.2. The molecule has 9 N–H and O–H groups in total. The molecule has 61 heavy (non-hydrogen) atoms. The predicted octanol–water partition coefficient (Wildman–Crippen LogP) is 0.815. The van der Waals surface area contributed by atoms with Crippen LogP contribution in [0.4, 0.5) is 0 Å². The Morgan fingerprint density at radius 3 is 1.98 bits per heavy atom. The maximum absolute atomic E-state index is 12.0. The van der Waals surface area contributed by atoms with E-state index >= 15 is 0 Å². The minimum atomic E-state index is -1.70. The second-order valence-corrected chi connectivity index (χ2v) is 21.2. The van der Waals surface area contributed by atoms with Gasteiger partial charge in [-0.1, -0.05) is 39.3 Å². The quantitative estimate of drug-likeness (QED) is 0.161. The fourth-order valence-corrected chi connectivity index (χ4v) is 14.2. The van der Waals surface area contributed by atoms with Gasteiger partial charge in [0, 0.05) is 12.5 Å². The van der Waals surface area contributed by atoms with Crippen molar-refractivity contribution in [3.8, 4) is 0 Å². The van der Waals surface area contributed by atoms with E-state index in [1.54, 1.807) is 0 Å². The van der Waals surface area contributed by atoms with E-state index in [2.05, 4.69) is 39.1 Å². The van der Waals surface area contributed by atoms with Crippen molar-refractivity contribution in [2.45, 2.75) is 209 Å². The predicted molar refractivity (Wildman–Crippen MR) is 215 cm³/mol. The largest absolute Gasteiger partial charge is 0.394 e. The van der Waals surface area contributed by atoms with Gasteiger partial charge in [-0.3, -0.25) is 5.32 Å². The van der Waals surface area contributed by atoms with Crippen LogP contribution >= 0.6 is 0 Å². The van der Waals surface area contributed by atoms with E-state index < -0.39 is 98.7 Å². The number of allylic oxidation sites excluding steroid dienone is 1. The maximum Gasteiger partial charge on any atom is 0.187 e. The molecule has 3 saturated carbocycles. The summed E-state index contributed by atoms with van der Waals surface area (Å²) in [5.41, 5.74) is 1.41. The Balaban J connectivity index is 0.916. The van der Waals surface area contributed by atoms with Crippen LogP contribution < -0.4 is 5.32 Å². The van der Waals surface area contributed by atoms with Crippen molar-refractivity contribution in [2.75, 3.05) is 13.2 Å². The van der Waals surface area contributed by atoms with Gasteiger partial charge in [0.25, 0.3) is 0 Å². The fraction of sp³-hybridized carbons (Fsp3) is 0.956. The molecule has 5 heterocycles. The summed E-state index contributed by atoms with van der Waals surface area (Å²) in [6.45, 7) is 13.2. The molecule has 0 unspecified atom stereocenters. The van der Waals surface area contributed by atoms with Crippen molar-refractivity contribution in [3.05, 3.63) is 11.6 Å². The molecule has 8 fully saturated rings. The van der Waals surface area contributed by atoms with Crippen molar-refractivity contribution in [3.63, 3.8) is 0 Å². The smallest absolute Gasteiger partial charge is 0.187 e. The van der Waals surface area contributed by atoms with E-state index in [4.69, 9.17) is 33.2 Å². The van der Waals surface area contributed by atoms with Gasteiger partial charge in [0.05, 0.1) is 31.0 Å². The molecular formula is C45H73NO15. The number of fused-ring (bicyclic) bond motifs is 7. The molecule has 5 aliphatic heterocycles. The zero-order chi connectivity index (χ0) is 43.5. The zero-order valence-electron chi connectivity index (χ0n) is 36.6. The van der Waals surface area contributed by atoms with Gasteiger partial charge in [-0.05, 0) is 112 Å². The maximum atomic E-state index is 12.0. The molecule has 0 aromatic heterocycles. The summed E-state index contributed by atoms with van der Waals surface area (Å²) in [6.07, 6.45) is -9.93. The van der Waals surface area contributed by atoms with Gasteiger partial charge >= 0.3 is 0 Å². The summed E-state index contributed by atoms with van der Waals surface area (Å²) in [7, 11) is 0. The Bertz CT molecular complexity index is 1600. The Morgan fingerprint density at radius 2 is 1.36 bits per heavy atom. The number of nitrogens with one attached hydrogen (secondary N) is 1. The molecule has 9 aliphatic rings. The summed E-state index contributed by atoms with van der Waals surface area (Å²) < 4.78 is 43.7. The number of hydrogen-bond donors (Lipinski definition) is 9. The Hall–Kier alpha value is -0.900. The second-order valence-electron chi connectivity index (χ2n) is 21.2. The van der Waals surface area contributed by atoms with Crippen molar-refractivity contribution >= 4 is 0 Å². The van der Waals surface area contributed by atoms with Crippen LogP contribution in [0, 0.1) is 46.3 Å². The Morgan fingerprint density at radius 1 is 0.705 bits per heavy atom. The van der Waals surface area contributed by atoms with Gasteiger partial charge in [0.1, 0.15) is 66.8 Å². The molecule has 0 aromatic rings. The topological polar surface area (TPSA) is 238 Å². The monoisotopic (exact) mass is 867 g/mol. The number of piperidine rings is 1. The number of aliphatic hydroxyl groups is 8. The molecule has 0 bridgehead atoms. The van der Waals surface area contributed by atoms with Crippen LogP contribution in [0.5, 0.6) is 0 Å². The molecule has 0 radical (unpaired) electrons. The van der Waals surface area contributed by atoms with Gasteiger partial charge in [0.15, 0.2) is 18.9 Å². The molecule has 16 nitrogen and oxygen atoms in total. The van der Waals surface area contributed by atoms with Crippen LogP contribution in [0.1, 0.15) is 99.3 Å². The summed E-state index contributed by atoms with van der Waals surface area (Å²) in [5.74, 6) is 3.43. The number of aliphatic hydroxyl groups excluding tert-OH is 8. The van der Waals surface area contributed by atoms with Crippen molar-refractivity contribution in [1.82, 2.24) is 5.32 Å². The molecule has 4 aliphatic carbocycles. The third-order valence-corrected chi connectivity index (χ3v) is 17.9. The molecule has 1 spiro atoms. The van der Waals surface area contributed by atoms with Crippen LogP contribution in [-0.4, -0.2) is 164 Å². The summed E-state index contributed by atoms with van der Waals surface area (Å²) >= 11 is 0. The molecule has 0 aromatic carbocycles. The van der Waals surface area contributed by atoms with Gasteiger partial charge in [-0.2, -0.15) is 0 Å². The highest BCUT2D eigenvalue weighted by molar-refractivity contribution is 5.26. The standard InChI is InChI=1S/C45H73NO15/c1-19-9-14-45(46-17-19)20(2)30-28(61-45)16-27-25-8-7-23-15-24(10-12-43(23,5)26(25)11-13-44(27,30)6)57-42-39(60-41-36(53)34(51)32(49)22(4)56-41)37(54)38(29(18-47)58-42)59-40-35(52)33(50)31(48)21(3)55-40/h7,19-22,24-42,46-54H,8-18H2,1-6H3/t19-,20+,21+,22+,24+,25-,26+,27+,28+,29-,30+,31+,32+,33-,34-,35-,36-,37+,38-,39-,40-,41-,42-,43+,44+,45-/m1/s1. The number of ether oxygens (including phenoxy) is 7. The van der Waals surface area contributed by atoms with Crippen LogP contribution in [-0.2, 0) is 33.2 Å². The second kappa shape index (κ2) is 16.8. The Labute approximate surface area is 359 Å². The van der Waals surface area contributed by atoms with Crippen molar-refractivity contribution in [1.29, 1.82) is 0 Å². The normalized spacial score (nSPS) is 58.4. The highest BCUT2D eigenvalue weighted by atomic mass is 16.8. The highest BCUT2D eigenvalue weighted by Crippen LogP contribution is 2.70. The minimum absolute atomic E-state index is 0.00472. The molecule has 9 rings (SSSR count). The molecule has 16 heteroatoms. The number of hydrogen-bond acceptors (Lipinski definition) is 16. The zero-order valence-corrected chi connectivity index (χ0v) is 36.6. The van der Waals surface area contributed by atoms with Gasteiger partial charge in [-0.25, -0.2) is 0 Å². The van der Waals surface area contributed by atoms with Crippen LogP contribution in [0.15, 0.2) is 11.6 Å². The lowest BCUT2D eigenvalue weighted by Crippen LogP contribution is -2.66. The first-order chi connectivity index (χ1) is 28.9.